The number of fused-ring (bicyclic) bond motifs is 2. The summed E-state index contributed by atoms with van der Waals surface area (Å²) in [7, 11) is 0. The van der Waals surface area contributed by atoms with Crippen molar-refractivity contribution in [1.29, 1.82) is 0 Å². The first-order chi connectivity index (χ1) is 13.9. The maximum atomic E-state index is 12.2. The Morgan fingerprint density at radius 1 is 0.690 bits per heavy atom. The average Bonchev–Trinajstić information content (AvgIpc) is 3.07. The third-order valence-corrected chi connectivity index (χ3v) is 5.26. The fourth-order valence-electron chi connectivity index (χ4n) is 3.40. The van der Waals surface area contributed by atoms with Crippen molar-refractivity contribution < 1.29 is 23.9 Å². The highest BCUT2D eigenvalue weighted by Gasteiger charge is 2.36. The minimum absolute atomic E-state index is 0.157. The van der Waals surface area contributed by atoms with Gasteiger partial charge in [0.1, 0.15) is 0 Å². The van der Waals surface area contributed by atoms with Crippen LogP contribution in [0.2, 0.25) is 10.0 Å². The Labute approximate surface area is 175 Å². The number of halogens is 2. The fraction of sp³-hybridized carbons (Fsp3) is 0.200. The van der Waals surface area contributed by atoms with Crippen LogP contribution in [0.15, 0.2) is 36.4 Å². The van der Waals surface area contributed by atoms with Crippen molar-refractivity contribution in [3.8, 4) is 0 Å². The van der Waals surface area contributed by atoms with Crippen LogP contribution in [-0.4, -0.2) is 49.7 Å². The molecule has 0 bridgehead atoms. The van der Waals surface area contributed by atoms with E-state index in [1.807, 2.05) is 0 Å². The van der Waals surface area contributed by atoms with E-state index in [2.05, 4.69) is 0 Å². The predicted molar refractivity (Wildman–Crippen MR) is 107 cm³/mol. The van der Waals surface area contributed by atoms with Gasteiger partial charge >= 0.3 is 0 Å². The van der Waals surface area contributed by atoms with Gasteiger partial charge in [0.05, 0.1) is 35.7 Å². The molecule has 4 rings (SSSR count). The number of carbonyl (C=O) groups is 4. The van der Waals surface area contributed by atoms with Gasteiger partial charge in [-0.05, 0) is 36.4 Å². The number of benzene rings is 2. The molecular formula is C20H14Cl2N2O5. The van der Waals surface area contributed by atoms with Gasteiger partial charge in [-0.25, -0.2) is 0 Å². The zero-order valence-corrected chi connectivity index (χ0v) is 16.5. The molecule has 0 N–H and O–H groups in total. The van der Waals surface area contributed by atoms with Gasteiger partial charge in [-0.2, -0.15) is 0 Å². The highest BCUT2D eigenvalue weighted by Crippen LogP contribution is 2.32. The molecule has 7 nitrogen and oxygen atoms in total. The quantitative estimate of drug-likeness (QED) is 0.517. The van der Waals surface area contributed by atoms with Gasteiger partial charge in [-0.1, -0.05) is 23.2 Å². The van der Waals surface area contributed by atoms with Crippen molar-refractivity contribution in [3.63, 3.8) is 0 Å². The molecule has 0 atom stereocenters. The molecule has 2 aliphatic rings. The third-order valence-electron chi connectivity index (χ3n) is 4.79. The summed E-state index contributed by atoms with van der Waals surface area (Å²) in [4.78, 5) is 51.1. The highest BCUT2D eigenvalue weighted by atomic mass is 35.5. The van der Waals surface area contributed by atoms with Gasteiger partial charge in [0.2, 0.25) is 0 Å². The summed E-state index contributed by atoms with van der Waals surface area (Å²) in [5.41, 5.74) is 1.55. The molecule has 2 amide bonds. The van der Waals surface area contributed by atoms with E-state index >= 15 is 0 Å². The second-order valence-corrected chi connectivity index (χ2v) is 7.38. The van der Waals surface area contributed by atoms with E-state index in [0.717, 1.165) is 0 Å². The van der Waals surface area contributed by atoms with E-state index in [-0.39, 0.29) is 37.4 Å². The second kappa shape index (κ2) is 7.59. The van der Waals surface area contributed by atoms with Crippen molar-refractivity contribution in [2.24, 2.45) is 0 Å². The number of ether oxygens (including phenoxy) is 1. The normalized spacial score (nSPS) is 15.4. The number of anilines is 2. The summed E-state index contributed by atoms with van der Waals surface area (Å²) in [6.07, 6.45) is 0. The lowest BCUT2D eigenvalue weighted by Crippen LogP contribution is -2.35. The van der Waals surface area contributed by atoms with Gasteiger partial charge in [0, 0.05) is 23.1 Å². The Balaban J connectivity index is 1.34. The maximum Gasteiger partial charge on any atom is 0.299 e. The number of carbonyl (C=O) groups excluding carboxylic acids is 4. The molecule has 2 heterocycles. The molecule has 0 fully saturated rings. The first kappa shape index (κ1) is 19.6. The van der Waals surface area contributed by atoms with Crippen LogP contribution in [0.4, 0.5) is 11.4 Å². The molecule has 0 aliphatic carbocycles. The van der Waals surface area contributed by atoms with Gasteiger partial charge in [0.25, 0.3) is 23.4 Å². The number of nitrogens with zero attached hydrogens (tertiary/aromatic N) is 2. The van der Waals surface area contributed by atoms with E-state index in [0.29, 0.717) is 21.4 Å². The molecule has 9 heteroatoms. The molecule has 0 saturated carbocycles. The molecule has 2 aromatic carbocycles. The molecule has 2 aromatic rings. The largest absolute Gasteiger partial charge is 0.378 e. The minimum atomic E-state index is -0.628. The van der Waals surface area contributed by atoms with Crippen molar-refractivity contribution in [3.05, 3.63) is 57.6 Å². The number of hydrogen-bond acceptors (Lipinski definition) is 5. The molecule has 2 aliphatic heterocycles. The van der Waals surface area contributed by atoms with Gasteiger partial charge in [-0.15, -0.1) is 0 Å². The molecule has 148 valence electrons. The molecule has 0 aromatic heterocycles. The summed E-state index contributed by atoms with van der Waals surface area (Å²) in [6.45, 7) is 0.672. The van der Waals surface area contributed by atoms with Crippen molar-refractivity contribution in [2.45, 2.75) is 0 Å². The number of ketones is 2. The first-order valence-corrected chi connectivity index (χ1v) is 9.53. The van der Waals surface area contributed by atoms with Crippen LogP contribution in [0.25, 0.3) is 0 Å². The van der Waals surface area contributed by atoms with Crippen LogP contribution in [0.3, 0.4) is 0 Å². The van der Waals surface area contributed by atoms with Crippen LogP contribution < -0.4 is 9.80 Å². The van der Waals surface area contributed by atoms with E-state index in [1.165, 1.54) is 21.9 Å². The number of Topliss-reactive ketones (excluding diaryl/α,β-unsaturated/α-hetero) is 2. The van der Waals surface area contributed by atoms with Crippen LogP contribution in [0, 0.1) is 0 Å². The Kier molecular flexibility index (Phi) is 5.12. The second-order valence-electron chi connectivity index (χ2n) is 6.51. The molecule has 29 heavy (non-hydrogen) atoms. The van der Waals surface area contributed by atoms with Crippen molar-refractivity contribution in [1.82, 2.24) is 0 Å². The summed E-state index contributed by atoms with van der Waals surface area (Å²) in [6, 6.07) is 9.41. The van der Waals surface area contributed by atoms with E-state index in [1.54, 1.807) is 24.3 Å². The Hall–Kier alpha value is -2.74. The summed E-state index contributed by atoms with van der Waals surface area (Å²) in [5, 5.41) is 0.767. The standard InChI is InChI=1S/C20H14Cl2N2O5/c21-11-1-3-15-13(9-11)17(25)19(27)23(15)5-7-29-8-6-24-16-4-2-12(22)10-14(16)18(26)20(24)28/h1-4,9-10H,5-8H2. The lowest BCUT2D eigenvalue weighted by atomic mass is 10.1. The molecule has 0 radical (unpaired) electrons. The van der Waals surface area contributed by atoms with Crippen molar-refractivity contribution >= 4 is 58.0 Å². The van der Waals surface area contributed by atoms with E-state index in [4.69, 9.17) is 27.9 Å². The summed E-state index contributed by atoms with van der Waals surface area (Å²) >= 11 is 11.8. The SMILES string of the molecule is O=C1C(=O)N(CCOCCN2C(=O)C(=O)c3cc(Cl)ccc32)c2ccc(Cl)cc21. The zero-order valence-electron chi connectivity index (χ0n) is 15.0. The molecule has 0 unspecified atom stereocenters. The first-order valence-electron chi connectivity index (χ1n) is 8.77. The average molecular weight is 433 g/mol. The number of rotatable bonds is 6. The monoisotopic (exact) mass is 432 g/mol. The molecule has 0 saturated heterocycles. The summed E-state index contributed by atoms with van der Waals surface area (Å²) in [5.74, 6) is -2.45. The number of amides is 2. The number of hydrogen-bond donors (Lipinski definition) is 0. The van der Waals surface area contributed by atoms with Crippen LogP contribution in [0.5, 0.6) is 0 Å². The Bertz CT molecular complexity index is 985. The highest BCUT2D eigenvalue weighted by molar-refractivity contribution is 6.53. The van der Waals surface area contributed by atoms with Crippen LogP contribution >= 0.6 is 23.2 Å². The van der Waals surface area contributed by atoms with E-state index in [9.17, 15) is 19.2 Å². The van der Waals surface area contributed by atoms with Gasteiger partial charge in [-0.3, -0.25) is 19.2 Å². The third kappa shape index (κ3) is 3.42. The smallest absolute Gasteiger partial charge is 0.299 e. The molecular weight excluding hydrogens is 419 g/mol. The van der Waals surface area contributed by atoms with Crippen LogP contribution in [0.1, 0.15) is 20.7 Å². The topological polar surface area (TPSA) is 84.0 Å². The van der Waals surface area contributed by atoms with Crippen LogP contribution in [-0.2, 0) is 14.3 Å². The maximum absolute atomic E-state index is 12.2. The van der Waals surface area contributed by atoms with Gasteiger partial charge < -0.3 is 14.5 Å². The fourth-order valence-corrected chi connectivity index (χ4v) is 3.75. The van der Waals surface area contributed by atoms with Crippen molar-refractivity contribution in [2.75, 3.05) is 36.1 Å². The lowest BCUT2D eigenvalue weighted by molar-refractivity contribution is -0.114. The Morgan fingerprint density at radius 2 is 1.10 bits per heavy atom. The zero-order chi connectivity index (χ0) is 20.7. The molecule has 0 spiro atoms. The minimum Gasteiger partial charge on any atom is -0.378 e. The summed E-state index contributed by atoms with van der Waals surface area (Å²) < 4.78 is 5.54. The lowest BCUT2D eigenvalue weighted by Gasteiger charge is -2.18. The predicted octanol–water partition coefficient (Wildman–Crippen LogP) is 2.77. The van der Waals surface area contributed by atoms with E-state index < -0.39 is 23.4 Å². The Morgan fingerprint density at radius 3 is 1.52 bits per heavy atom. The van der Waals surface area contributed by atoms with Gasteiger partial charge in [0.15, 0.2) is 0 Å².